The van der Waals surface area contributed by atoms with Crippen LogP contribution in [0.2, 0.25) is 0 Å². The van der Waals surface area contributed by atoms with Crippen LogP contribution in [-0.4, -0.2) is 20.9 Å². The topological polar surface area (TPSA) is 66.8 Å². The van der Waals surface area contributed by atoms with Crippen LogP contribution in [0.25, 0.3) is 27.5 Å². The summed E-state index contributed by atoms with van der Waals surface area (Å²) in [5, 5.41) is 16.2. The second-order valence-electron chi connectivity index (χ2n) is 8.33. The van der Waals surface area contributed by atoms with Crippen LogP contribution in [0, 0.1) is 18.3 Å². The number of nitriles is 1. The van der Waals surface area contributed by atoms with Crippen LogP contribution in [0.1, 0.15) is 18.2 Å². The van der Waals surface area contributed by atoms with Gasteiger partial charge in [0.2, 0.25) is 0 Å². The minimum atomic E-state index is -0.225. The zero-order valence-electron chi connectivity index (χ0n) is 19.3. The monoisotopic (exact) mass is 447 g/mol. The lowest BCUT2D eigenvalue weighted by Gasteiger charge is -2.23. The number of nitrogens with zero attached hydrogens (tertiary/aromatic N) is 5. The van der Waals surface area contributed by atoms with Gasteiger partial charge in [-0.15, -0.1) is 0 Å². The lowest BCUT2D eigenvalue weighted by molar-refractivity contribution is 0.734. The maximum absolute atomic E-state index is 13.8. The van der Waals surface area contributed by atoms with Crippen LogP contribution in [0.15, 0.2) is 83.7 Å². The minimum Gasteiger partial charge on any atom is -0.366 e. The zero-order valence-corrected chi connectivity index (χ0v) is 19.3. The van der Waals surface area contributed by atoms with Crippen molar-refractivity contribution in [2.24, 2.45) is 0 Å². The largest absolute Gasteiger partial charge is 0.366 e. The number of hydrogen-bond acceptors (Lipinski definition) is 4. The summed E-state index contributed by atoms with van der Waals surface area (Å²) in [7, 11) is 0. The highest BCUT2D eigenvalue weighted by Crippen LogP contribution is 2.30. The number of rotatable bonds is 6. The van der Waals surface area contributed by atoms with Crippen LogP contribution in [0.3, 0.4) is 0 Å². The Bertz CT molecular complexity index is 1570. The highest BCUT2D eigenvalue weighted by atomic mass is 16.1. The first-order chi connectivity index (χ1) is 16.6. The molecule has 5 rings (SSSR count). The highest BCUT2D eigenvalue weighted by molar-refractivity contribution is 6.09. The maximum atomic E-state index is 13.8. The van der Waals surface area contributed by atoms with Crippen LogP contribution < -0.4 is 10.5 Å². The van der Waals surface area contributed by atoms with Gasteiger partial charge in [-0.2, -0.15) is 15.0 Å². The summed E-state index contributed by atoms with van der Waals surface area (Å²) < 4.78 is 3.30. The molecule has 0 aliphatic heterocycles. The second-order valence-corrected chi connectivity index (χ2v) is 8.33. The molecule has 2 heterocycles. The van der Waals surface area contributed by atoms with E-state index in [1.807, 2.05) is 78.2 Å². The quantitative estimate of drug-likeness (QED) is 0.359. The van der Waals surface area contributed by atoms with Gasteiger partial charge in [-0.1, -0.05) is 54.1 Å². The Morgan fingerprint density at radius 1 is 0.971 bits per heavy atom. The molecule has 0 radical (unpaired) electrons. The summed E-state index contributed by atoms with van der Waals surface area (Å²) in [6.07, 6.45) is 0. The summed E-state index contributed by atoms with van der Waals surface area (Å²) in [6.45, 7) is 5.53. The van der Waals surface area contributed by atoms with Gasteiger partial charge in [0.15, 0.2) is 0 Å². The van der Waals surface area contributed by atoms with Crippen molar-refractivity contribution in [3.05, 3.63) is 100 Å². The van der Waals surface area contributed by atoms with Crippen molar-refractivity contribution in [1.82, 2.24) is 14.3 Å². The summed E-state index contributed by atoms with van der Waals surface area (Å²) in [5.74, 6) is 0. The van der Waals surface area contributed by atoms with Gasteiger partial charge >= 0.3 is 0 Å². The number of fused-ring (bicyclic) bond motifs is 3. The van der Waals surface area contributed by atoms with E-state index in [-0.39, 0.29) is 12.1 Å². The van der Waals surface area contributed by atoms with E-state index in [1.165, 1.54) is 4.68 Å². The standard InChI is InChI=1S/C28H25N5O/c1-3-31(21-9-5-4-6-10-21)19-24-26-23-11-7-8-12-25(23)32(18-17-29)27(26)28(34)33(30-24)22-15-13-20(2)14-16-22/h4-16H,3,18-19H2,1-2H3. The van der Waals surface area contributed by atoms with Gasteiger partial charge in [-0.05, 0) is 44.2 Å². The predicted molar refractivity (Wildman–Crippen MR) is 136 cm³/mol. The molecule has 0 saturated heterocycles. The third-order valence-electron chi connectivity index (χ3n) is 6.23. The van der Waals surface area contributed by atoms with E-state index in [0.717, 1.165) is 39.8 Å². The van der Waals surface area contributed by atoms with E-state index in [1.54, 1.807) is 0 Å². The molecule has 5 aromatic rings. The van der Waals surface area contributed by atoms with Gasteiger partial charge in [0, 0.05) is 23.0 Å². The Labute approximate surface area is 197 Å². The average molecular weight is 448 g/mol. The van der Waals surface area contributed by atoms with Crippen LogP contribution in [-0.2, 0) is 13.1 Å². The molecule has 0 fully saturated rings. The number of para-hydroxylation sites is 2. The summed E-state index contributed by atoms with van der Waals surface area (Å²) >= 11 is 0. The number of anilines is 1. The van der Waals surface area contributed by atoms with Gasteiger partial charge in [0.05, 0.1) is 29.5 Å². The summed E-state index contributed by atoms with van der Waals surface area (Å²) in [4.78, 5) is 16.1. The molecule has 6 nitrogen and oxygen atoms in total. The Morgan fingerprint density at radius 2 is 1.68 bits per heavy atom. The molecule has 0 aliphatic carbocycles. The zero-order chi connectivity index (χ0) is 23.7. The van der Waals surface area contributed by atoms with E-state index < -0.39 is 0 Å². The molecule has 0 saturated carbocycles. The molecular formula is C28H25N5O. The lowest BCUT2D eigenvalue weighted by Crippen LogP contribution is -2.28. The van der Waals surface area contributed by atoms with E-state index in [0.29, 0.717) is 17.7 Å². The van der Waals surface area contributed by atoms with E-state index in [4.69, 9.17) is 5.10 Å². The molecule has 2 aromatic heterocycles. The second kappa shape index (κ2) is 8.87. The molecule has 0 spiro atoms. The fourth-order valence-electron chi connectivity index (χ4n) is 4.55. The number of hydrogen-bond donors (Lipinski definition) is 0. The highest BCUT2D eigenvalue weighted by Gasteiger charge is 2.22. The molecule has 0 atom stereocenters. The molecular weight excluding hydrogens is 422 g/mol. The van der Waals surface area contributed by atoms with Gasteiger partial charge in [0.1, 0.15) is 12.1 Å². The maximum Gasteiger partial charge on any atom is 0.296 e. The molecule has 3 aromatic carbocycles. The molecule has 34 heavy (non-hydrogen) atoms. The Balaban J connectivity index is 1.83. The van der Waals surface area contributed by atoms with Gasteiger partial charge in [-0.25, -0.2) is 0 Å². The average Bonchev–Trinajstić information content (AvgIpc) is 3.20. The summed E-state index contributed by atoms with van der Waals surface area (Å²) in [5.41, 5.74) is 4.86. The van der Waals surface area contributed by atoms with Gasteiger partial charge in [0.25, 0.3) is 5.56 Å². The molecule has 0 aliphatic rings. The van der Waals surface area contributed by atoms with Crippen molar-refractivity contribution in [2.45, 2.75) is 26.9 Å². The smallest absolute Gasteiger partial charge is 0.296 e. The minimum absolute atomic E-state index is 0.0901. The predicted octanol–water partition coefficient (Wildman–Crippen LogP) is 5.20. The van der Waals surface area contributed by atoms with Crippen LogP contribution >= 0.6 is 0 Å². The van der Waals surface area contributed by atoms with Crippen molar-refractivity contribution in [3.8, 4) is 11.8 Å². The van der Waals surface area contributed by atoms with Crippen molar-refractivity contribution >= 4 is 27.5 Å². The van der Waals surface area contributed by atoms with E-state index in [2.05, 4.69) is 30.0 Å². The Morgan fingerprint density at radius 3 is 2.38 bits per heavy atom. The third kappa shape index (κ3) is 3.61. The molecule has 6 heteroatoms. The molecule has 168 valence electrons. The van der Waals surface area contributed by atoms with Crippen LogP contribution in [0.4, 0.5) is 5.69 Å². The number of benzene rings is 3. The first-order valence-electron chi connectivity index (χ1n) is 11.4. The van der Waals surface area contributed by atoms with E-state index >= 15 is 0 Å². The van der Waals surface area contributed by atoms with Crippen molar-refractivity contribution in [1.29, 1.82) is 5.26 Å². The van der Waals surface area contributed by atoms with Gasteiger partial charge in [-0.3, -0.25) is 4.79 Å². The number of aryl methyl sites for hydroxylation is 1. The summed E-state index contributed by atoms with van der Waals surface area (Å²) in [6, 6.07) is 28.1. The molecule has 0 unspecified atom stereocenters. The van der Waals surface area contributed by atoms with Gasteiger partial charge < -0.3 is 9.47 Å². The first kappa shape index (κ1) is 21.5. The van der Waals surface area contributed by atoms with Crippen LogP contribution in [0.5, 0.6) is 0 Å². The Kier molecular flexibility index (Phi) is 5.60. The SMILES string of the molecule is CCN(Cc1nn(-c2ccc(C)cc2)c(=O)c2c1c1ccccc1n2CC#N)c1ccccc1. The van der Waals surface area contributed by atoms with Crippen molar-refractivity contribution in [3.63, 3.8) is 0 Å². The number of aromatic nitrogens is 3. The lowest BCUT2D eigenvalue weighted by atomic mass is 10.1. The van der Waals surface area contributed by atoms with Crippen molar-refractivity contribution < 1.29 is 0 Å². The Hall–Kier alpha value is -4.37. The van der Waals surface area contributed by atoms with E-state index in [9.17, 15) is 10.1 Å². The fourth-order valence-corrected chi connectivity index (χ4v) is 4.55. The molecule has 0 amide bonds. The normalized spacial score (nSPS) is 11.1. The fraction of sp³-hybridized carbons (Fsp3) is 0.179. The van der Waals surface area contributed by atoms with Crippen molar-refractivity contribution in [2.75, 3.05) is 11.4 Å². The molecule has 0 bridgehead atoms. The first-order valence-corrected chi connectivity index (χ1v) is 11.4. The third-order valence-corrected chi connectivity index (χ3v) is 6.23. The molecule has 0 N–H and O–H groups in total.